The van der Waals surface area contributed by atoms with Crippen LogP contribution in [0.25, 0.3) is 0 Å². The predicted molar refractivity (Wildman–Crippen MR) is 102 cm³/mol. The number of hydrogen-bond donors (Lipinski definition) is 2. The largest absolute Gasteiger partial charge is 0.492 e. The van der Waals surface area contributed by atoms with Crippen molar-refractivity contribution in [3.63, 3.8) is 0 Å². The zero-order valence-corrected chi connectivity index (χ0v) is 17.8. The number of aliphatic hydroxyl groups excluding tert-OH is 2. The molecule has 164 valence electrons. The monoisotopic (exact) mass is 419 g/mol. The second kappa shape index (κ2) is 5.79. The van der Waals surface area contributed by atoms with E-state index in [1.54, 1.807) is 6.92 Å². The number of nitrogens with zero attached hydrogens (tertiary/aromatic N) is 1. The first-order chi connectivity index (χ1) is 14.3. The summed E-state index contributed by atoms with van der Waals surface area (Å²) in [4.78, 5) is 14.6. The molecule has 0 aromatic rings. The summed E-state index contributed by atoms with van der Waals surface area (Å²) in [6, 6.07) is 0.197. The fraction of sp³-hybridized carbons (Fsp3) is 0.773. The van der Waals surface area contributed by atoms with Gasteiger partial charge in [-0.25, -0.2) is 4.79 Å². The highest BCUT2D eigenvalue weighted by atomic mass is 16.7. The summed E-state index contributed by atoms with van der Waals surface area (Å²) in [6.07, 6.45) is 0.284. The molecule has 6 heterocycles. The molecule has 0 aromatic heterocycles. The van der Waals surface area contributed by atoms with E-state index >= 15 is 0 Å². The van der Waals surface area contributed by atoms with Gasteiger partial charge >= 0.3 is 5.97 Å². The fourth-order valence-corrected chi connectivity index (χ4v) is 7.69. The van der Waals surface area contributed by atoms with E-state index in [-0.39, 0.29) is 29.9 Å². The van der Waals surface area contributed by atoms with Crippen molar-refractivity contribution in [2.75, 3.05) is 13.7 Å². The maximum absolute atomic E-state index is 12.2. The molecule has 5 bridgehead atoms. The van der Waals surface area contributed by atoms with Crippen LogP contribution < -0.4 is 0 Å². The summed E-state index contributed by atoms with van der Waals surface area (Å²) in [7, 11) is 1.52. The Morgan fingerprint density at radius 1 is 1.37 bits per heavy atom. The molecule has 8 heteroatoms. The summed E-state index contributed by atoms with van der Waals surface area (Å²) in [5.41, 5.74) is -0.181. The highest BCUT2D eigenvalue weighted by molar-refractivity contribution is 5.93. The Labute approximate surface area is 175 Å². The molecule has 6 aliphatic heterocycles. The number of aliphatic hydroxyl groups is 2. The van der Waals surface area contributed by atoms with Crippen LogP contribution in [-0.2, 0) is 23.7 Å². The summed E-state index contributed by atoms with van der Waals surface area (Å²) >= 11 is 0. The van der Waals surface area contributed by atoms with Gasteiger partial charge in [0.05, 0.1) is 36.3 Å². The molecule has 30 heavy (non-hydrogen) atoms. The lowest BCUT2D eigenvalue weighted by Crippen LogP contribution is -2.67. The number of ether oxygens (including phenoxy) is 4. The molecular weight excluding hydrogens is 390 g/mol. The average Bonchev–Trinajstić information content (AvgIpc) is 3.45. The molecule has 0 aliphatic carbocycles. The number of piperidine rings is 1. The maximum atomic E-state index is 12.2. The van der Waals surface area contributed by atoms with Crippen LogP contribution in [0.5, 0.6) is 0 Å². The van der Waals surface area contributed by atoms with E-state index in [0.29, 0.717) is 29.3 Å². The molecule has 6 aliphatic rings. The molecule has 5 fully saturated rings. The van der Waals surface area contributed by atoms with Crippen molar-refractivity contribution in [2.45, 2.75) is 75.7 Å². The van der Waals surface area contributed by atoms with Crippen molar-refractivity contribution in [1.82, 2.24) is 4.90 Å². The first-order valence-corrected chi connectivity index (χ1v) is 11.0. The number of carbonyl (C=O) groups is 1. The van der Waals surface area contributed by atoms with Gasteiger partial charge in [0.1, 0.15) is 11.9 Å². The third kappa shape index (κ3) is 1.79. The number of fused-ring (bicyclic) bond motifs is 1. The van der Waals surface area contributed by atoms with E-state index in [0.717, 1.165) is 19.4 Å². The average molecular weight is 419 g/mol. The Morgan fingerprint density at radius 3 is 2.83 bits per heavy atom. The molecule has 0 amide bonds. The Bertz CT molecular complexity index is 898. The number of esters is 1. The molecule has 6 rings (SSSR count). The Kier molecular flexibility index (Phi) is 3.69. The van der Waals surface area contributed by atoms with Gasteiger partial charge in [0.25, 0.3) is 0 Å². The molecule has 0 aromatic carbocycles. The van der Waals surface area contributed by atoms with Crippen LogP contribution in [0.1, 0.15) is 40.0 Å². The van der Waals surface area contributed by atoms with Crippen molar-refractivity contribution in [3.8, 4) is 0 Å². The molecule has 0 saturated carbocycles. The normalized spacial score (nSPS) is 52.0. The van der Waals surface area contributed by atoms with Crippen LogP contribution in [0.4, 0.5) is 0 Å². The van der Waals surface area contributed by atoms with Crippen molar-refractivity contribution < 1.29 is 34.0 Å². The van der Waals surface area contributed by atoms with Gasteiger partial charge in [0.15, 0.2) is 5.76 Å². The molecule has 6 unspecified atom stereocenters. The third-order valence-corrected chi connectivity index (χ3v) is 8.73. The second-order valence-electron chi connectivity index (χ2n) is 9.63. The van der Waals surface area contributed by atoms with Crippen LogP contribution in [0, 0.1) is 17.8 Å². The Morgan fingerprint density at radius 2 is 2.13 bits per heavy atom. The van der Waals surface area contributed by atoms with Gasteiger partial charge in [-0.3, -0.25) is 4.90 Å². The number of allylic oxidation sites excluding steroid dienone is 1. The minimum absolute atomic E-state index is 0.0257. The summed E-state index contributed by atoms with van der Waals surface area (Å²) in [6.45, 7) is 6.54. The van der Waals surface area contributed by atoms with Crippen LogP contribution in [0.3, 0.4) is 0 Å². The third-order valence-electron chi connectivity index (χ3n) is 8.73. The van der Waals surface area contributed by atoms with E-state index in [1.807, 2.05) is 6.92 Å². The lowest BCUT2D eigenvalue weighted by atomic mass is 9.68. The minimum Gasteiger partial charge on any atom is -0.492 e. The molecular formula is C22H29NO7. The minimum atomic E-state index is -0.887. The van der Waals surface area contributed by atoms with Crippen LogP contribution in [-0.4, -0.2) is 70.4 Å². The number of carbonyl (C=O) groups excluding carboxylic acids is 1. The molecule has 8 nitrogen and oxygen atoms in total. The van der Waals surface area contributed by atoms with E-state index in [9.17, 15) is 15.0 Å². The smallest absolute Gasteiger partial charge is 0.343 e. The highest BCUT2D eigenvalue weighted by Crippen LogP contribution is 2.73. The van der Waals surface area contributed by atoms with Gasteiger partial charge in [-0.15, -0.1) is 0 Å². The molecule has 5 saturated heterocycles. The second-order valence-corrected chi connectivity index (χ2v) is 9.63. The lowest BCUT2D eigenvalue weighted by molar-refractivity contribution is -0.257. The molecule has 0 radical (unpaired) electrons. The lowest BCUT2D eigenvalue weighted by Gasteiger charge is -2.50. The van der Waals surface area contributed by atoms with Crippen molar-refractivity contribution in [1.29, 1.82) is 0 Å². The van der Waals surface area contributed by atoms with Gasteiger partial charge in [0.2, 0.25) is 11.5 Å². The Balaban J connectivity index is 1.48. The van der Waals surface area contributed by atoms with E-state index in [4.69, 9.17) is 18.9 Å². The SMILES string of the molecule is CC[C@H](O)[C@@H](O)C12C3CC4C5[C@@H](C)/C(=C6/OC(=O)C(C)=C6OC)O[C@]5(O3)C1CCN42. The maximum Gasteiger partial charge on any atom is 0.343 e. The summed E-state index contributed by atoms with van der Waals surface area (Å²) in [5, 5.41) is 21.8. The van der Waals surface area contributed by atoms with Gasteiger partial charge in [-0.1, -0.05) is 13.8 Å². The van der Waals surface area contributed by atoms with Crippen molar-refractivity contribution in [2.24, 2.45) is 17.8 Å². The molecule has 2 N–H and O–H groups in total. The van der Waals surface area contributed by atoms with Gasteiger partial charge in [-0.05, 0) is 32.7 Å². The molecule has 10 atom stereocenters. The molecule has 1 spiro atoms. The van der Waals surface area contributed by atoms with Crippen LogP contribution >= 0.6 is 0 Å². The summed E-state index contributed by atoms with van der Waals surface area (Å²) < 4.78 is 24.3. The van der Waals surface area contributed by atoms with Crippen LogP contribution in [0.15, 0.2) is 22.9 Å². The number of methoxy groups -OCH3 is 1. The zero-order valence-electron chi connectivity index (χ0n) is 17.8. The number of cyclic esters (lactones) is 1. The topological polar surface area (TPSA) is 97.7 Å². The van der Waals surface area contributed by atoms with Crippen LogP contribution in [0.2, 0.25) is 0 Å². The van der Waals surface area contributed by atoms with E-state index in [2.05, 4.69) is 11.8 Å². The van der Waals surface area contributed by atoms with Gasteiger partial charge in [0, 0.05) is 17.9 Å². The van der Waals surface area contributed by atoms with Crippen molar-refractivity contribution in [3.05, 3.63) is 22.9 Å². The van der Waals surface area contributed by atoms with Gasteiger partial charge < -0.3 is 29.2 Å². The van der Waals surface area contributed by atoms with Gasteiger partial charge in [-0.2, -0.15) is 0 Å². The van der Waals surface area contributed by atoms with E-state index < -0.39 is 29.5 Å². The highest BCUT2D eigenvalue weighted by Gasteiger charge is 2.86. The standard InChI is InChI=1S/C22H29NO7/c1-5-12(24)19(25)21-13-6-7-23(21)11-8-14(21)29-22(13)15(11)9(2)17(30-22)18-16(27-4)10(3)20(26)28-18/h9,11-15,19,24-25H,5-8H2,1-4H3/b18-17-/t9-,11?,12+,13?,14?,15?,19-,21?,22-/m1/s1. The zero-order chi connectivity index (χ0) is 21.2. The van der Waals surface area contributed by atoms with E-state index in [1.165, 1.54) is 7.11 Å². The number of rotatable bonds is 4. The Hall–Kier alpha value is -1.61. The predicted octanol–water partition coefficient (Wildman–Crippen LogP) is 1.03. The fourth-order valence-electron chi connectivity index (χ4n) is 7.69. The first-order valence-electron chi connectivity index (χ1n) is 11.0. The first kappa shape index (κ1) is 19.1. The summed E-state index contributed by atoms with van der Waals surface area (Å²) in [5.74, 6) is 0.0837. The quantitative estimate of drug-likeness (QED) is 0.653. The number of hydrogen-bond acceptors (Lipinski definition) is 8. The van der Waals surface area contributed by atoms with Crippen molar-refractivity contribution >= 4 is 5.97 Å².